The van der Waals surface area contributed by atoms with Gasteiger partial charge in [-0.05, 0) is 18.2 Å². The summed E-state index contributed by atoms with van der Waals surface area (Å²) in [6.07, 6.45) is 1.71. The van der Waals surface area contributed by atoms with Gasteiger partial charge in [0.05, 0.1) is 5.56 Å². The molecule has 0 fully saturated rings. The van der Waals surface area contributed by atoms with Crippen LogP contribution in [-0.2, 0) is 7.05 Å². The minimum atomic E-state index is -0.483. The minimum Gasteiger partial charge on any atom is -0.350 e. The lowest BCUT2D eigenvalue weighted by Crippen LogP contribution is -2.14. The van der Waals surface area contributed by atoms with E-state index in [0.29, 0.717) is 11.1 Å². The van der Waals surface area contributed by atoms with Crippen LogP contribution in [0.2, 0.25) is 0 Å². The van der Waals surface area contributed by atoms with Crippen LogP contribution in [-0.4, -0.2) is 16.1 Å². The standard InChI is InChI=1S/C17H12BrNO2/c1-19-10-14(13-9-12(18)7-8-15(13)19)17(21)16(20)11-5-3-2-4-6-11/h2-10H,1H3. The normalized spacial score (nSPS) is 10.8. The molecule has 3 rings (SSSR count). The van der Waals surface area contributed by atoms with Crippen molar-refractivity contribution in [2.24, 2.45) is 7.05 Å². The highest BCUT2D eigenvalue weighted by atomic mass is 79.9. The Bertz CT molecular complexity index is 850. The van der Waals surface area contributed by atoms with Gasteiger partial charge in [0.2, 0.25) is 11.6 Å². The number of halogens is 1. The second kappa shape index (κ2) is 5.30. The fourth-order valence-electron chi connectivity index (χ4n) is 2.39. The highest BCUT2D eigenvalue weighted by Crippen LogP contribution is 2.25. The summed E-state index contributed by atoms with van der Waals surface area (Å²) in [5.41, 5.74) is 1.76. The summed E-state index contributed by atoms with van der Waals surface area (Å²) in [4.78, 5) is 24.8. The third kappa shape index (κ3) is 2.43. The van der Waals surface area contributed by atoms with Crippen LogP contribution in [0.1, 0.15) is 20.7 Å². The van der Waals surface area contributed by atoms with Crippen LogP contribution in [0.15, 0.2) is 59.2 Å². The van der Waals surface area contributed by atoms with Gasteiger partial charge in [-0.2, -0.15) is 0 Å². The Morgan fingerprint density at radius 3 is 2.43 bits per heavy atom. The Labute approximate surface area is 130 Å². The number of aromatic nitrogens is 1. The Kier molecular flexibility index (Phi) is 3.47. The number of hydrogen-bond donors (Lipinski definition) is 0. The topological polar surface area (TPSA) is 39.1 Å². The predicted octanol–water partition coefficient (Wildman–Crippen LogP) is 4.01. The van der Waals surface area contributed by atoms with Crippen LogP contribution in [0.4, 0.5) is 0 Å². The zero-order valence-electron chi connectivity index (χ0n) is 11.3. The van der Waals surface area contributed by atoms with E-state index in [2.05, 4.69) is 15.9 Å². The molecule has 0 unspecified atom stereocenters. The van der Waals surface area contributed by atoms with Gasteiger partial charge in [-0.1, -0.05) is 46.3 Å². The number of fused-ring (bicyclic) bond motifs is 1. The smallest absolute Gasteiger partial charge is 0.235 e. The molecule has 4 heteroatoms. The van der Waals surface area contributed by atoms with Gasteiger partial charge in [0.1, 0.15) is 0 Å². The zero-order valence-corrected chi connectivity index (χ0v) is 12.9. The van der Waals surface area contributed by atoms with Gasteiger partial charge < -0.3 is 4.57 Å². The molecule has 1 heterocycles. The maximum absolute atomic E-state index is 12.5. The number of rotatable bonds is 3. The summed E-state index contributed by atoms with van der Waals surface area (Å²) >= 11 is 3.40. The van der Waals surface area contributed by atoms with Gasteiger partial charge in [-0.25, -0.2) is 0 Å². The number of carbonyl (C=O) groups excluding carboxylic acids is 2. The number of benzene rings is 2. The molecular weight excluding hydrogens is 330 g/mol. The average molecular weight is 342 g/mol. The number of carbonyl (C=O) groups is 2. The number of hydrogen-bond acceptors (Lipinski definition) is 2. The van der Waals surface area contributed by atoms with Crippen LogP contribution in [0, 0.1) is 0 Å². The van der Waals surface area contributed by atoms with E-state index in [4.69, 9.17) is 0 Å². The lowest BCUT2D eigenvalue weighted by molar-refractivity contribution is 0.0818. The Morgan fingerprint density at radius 2 is 1.71 bits per heavy atom. The van der Waals surface area contributed by atoms with Gasteiger partial charge in [0.15, 0.2) is 0 Å². The molecule has 0 saturated heterocycles. The third-order valence-corrected chi connectivity index (χ3v) is 3.93. The largest absolute Gasteiger partial charge is 0.350 e. The first-order valence-electron chi connectivity index (χ1n) is 6.46. The van der Waals surface area contributed by atoms with Crippen LogP contribution >= 0.6 is 15.9 Å². The first-order chi connectivity index (χ1) is 10.1. The van der Waals surface area contributed by atoms with E-state index in [1.807, 2.05) is 35.9 Å². The average Bonchev–Trinajstić information content (AvgIpc) is 2.83. The molecule has 0 N–H and O–H groups in total. The lowest BCUT2D eigenvalue weighted by atomic mass is 10.0. The molecule has 0 spiro atoms. The molecule has 0 aliphatic carbocycles. The lowest BCUT2D eigenvalue weighted by Gasteiger charge is -2.00. The molecule has 0 aliphatic rings. The first-order valence-corrected chi connectivity index (χ1v) is 7.26. The molecule has 0 saturated carbocycles. The molecule has 104 valence electrons. The maximum atomic E-state index is 12.5. The van der Waals surface area contributed by atoms with Crippen molar-refractivity contribution in [3.05, 3.63) is 70.3 Å². The van der Waals surface area contributed by atoms with Crippen molar-refractivity contribution in [1.29, 1.82) is 0 Å². The summed E-state index contributed by atoms with van der Waals surface area (Å²) < 4.78 is 2.73. The molecule has 0 atom stereocenters. The highest BCUT2D eigenvalue weighted by molar-refractivity contribution is 9.10. The van der Waals surface area contributed by atoms with Gasteiger partial charge >= 0.3 is 0 Å². The second-order valence-corrected chi connectivity index (χ2v) is 5.76. The molecule has 1 aromatic heterocycles. The van der Waals surface area contributed by atoms with Gasteiger partial charge in [0.25, 0.3) is 0 Å². The monoisotopic (exact) mass is 341 g/mol. The Morgan fingerprint density at radius 1 is 1.00 bits per heavy atom. The van der Waals surface area contributed by atoms with Crippen molar-refractivity contribution in [3.63, 3.8) is 0 Å². The summed E-state index contributed by atoms with van der Waals surface area (Å²) in [6, 6.07) is 14.3. The van der Waals surface area contributed by atoms with Crippen molar-refractivity contribution in [1.82, 2.24) is 4.57 Å². The minimum absolute atomic E-state index is 0.412. The van der Waals surface area contributed by atoms with Crippen molar-refractivity contribution in [2.45, 2.75) is 0 Å². The summed E-state index contributed by atoms with van der Waals surface area (Å²) in [5, 5.41) is 0.779. The zero-order chi connectivity index (χ0) is 15.0. The molecule has 0 aliphatic heterocycles. The number of aryl methyl sites for hydroxylation is 1. The Hall–Kier alpha value is -2.20. The maximum Gasteiger partial charge on any atom is 0.235 e. The van der Waals surface area contributed by atoms with Gasteiger partial charge in [-0.3, -0.25) is 9.59 Å². The second-order valence-electron chi connectivity index (χ2n) is 4.84. The van der Waals surface area contributed by atoms with E-state index < -0.39 is 11.6 Å². The Balaban J connectivity index is 2.10. The van der Waals surface area contributed by atoms with Crippen LogP contribution < -0.4 is 0 Å². The molecule has 0 radical (unpaired) electrons. The number of nitrogens with zero attached hydrogens (tertiary/aromatic N) is 1. The fraction of sp³-hybridized carbons (Fsp3) is 0.0588. The van der Waals surface area contributed by atoms with Crippen molar-refractivity contribution < 1.29 is 9.59 Å². The van der Waals surface area contributed by atoms with Crippen LogP contribution in [0.3, 0.4) is 0 Å². The van der Waals surface area contributed by atoms with Gasteiger partial charge in [0, 0.05) is 34.2 Å². The SMILES string of the molecule is Cn1cc(C(=O)C(=O)c2ccccc2)c2cc(Br)ccc21. The number of Topliss-reactive ketones (excluding diaryl/α,β-unsaturated/α-hetero) is 2. The number of ketones is 2. The van der Waals surface area contributed by atoms with E-state index in [1.54, 1.807) is 30.5 Å². The van der Waals surface area contributed by atoms with Crippen LogP contribution in [0.5, 0.6) is 0 Å². The molecular formula is C17H12BrNO2. The molecule has 0 amide bonds. The van der Waals surface area contributed by atoms with Gasteiger partial charge in [-0.15, -0.1) is 0 Å². The van der Waals surface area contributed by atoms with Crippen LogP contribution in [0.25, 0.3) is 10.9 Å². The fourth-order valence-corrected chi connectivity index (χ4v) is 2.75. The van der Waals surface area contributed by atoms with E-state index in [1.165, 1.54) is 0 Å². The van der Waals surface area contributed by atoms with Crippen molar-refractivity contribution in [3.8, 4) is 0 Å². The molecule has 3 aromatic rings. The van der Waals surface area contributed by atoms with E-state index in [-0.39, 0.29) is 0 Å². The van der Waals surface area contributed by atoms with Crippen molar-refractivity contribution >= 4 is 38.4 Å². The molecule has 0 bridgehead atoms. The first kappa shape index (κ1) is 13.8. The van der Waals surface area contributed by atoms with E-state index >= 15 is 0 Å². The highest BCUT2D eigenvalue weighted by Gasteiger charge is 2.22. The van der Waals surface area contributed by atoms with E-state index in [0.717, 1.165) is 15.4 Å². The summed E-state index contributed by atoms with van der Waals surface area (Å²) in [6.45, 7) is 0. The quantitative estimate of drug-likeness (QED) is 0.533. The molecule has 3 nitrogen and oxygen atoms in total. The third-order valence-electron chi connectivity index (χ3n) is 3.44. The molecule has 21 heavy (non-hydrogen) atoms. The van der Waals surface area contributed by atoms with Crippen molar-refractivity contribution in [2.75, 3.05) is 0 Å². The van der Waals surface area contributed by atoms with E-state index in [9.17, 15) is 9.59 Å². The summed E-state index contributed by atoms with van der Waals surface area (Å²) in [5.74, 6) is -0.965. The predicted molar refractivity (Wildman–Crippen MR) is 85.7 cm³/mol. The molecule has 2 aromatic carbocycles. The summed E-state index contributed by atoms with van der Waals surface area (Å²) in [7, 11) is 1.86.